The summed E-state index contributed by atoms with van der Waals surface area (Å²) in [6.07, 6.45) is 2.25. The van der Waals surface area contributed by atoms with Crippen LogP contribution < -0.4 is 0 Å². The van der Waals surface area contributed by atoms with E-state index in [0.717, 1.165) is 42.7 Å². The van der Waals surface area contributed by atoms with E-state index in [1.54, 1.807) is 0 Å². The summed E-state index contributed by atoms with van der Waals surface area (Å²) in [6.45, 7) is 4.83. The number of fused-ring (bicyclic) bond motifs is 1. The molecule has 1 aromatic carbocycles. The molecule has 1 aliphatic carbocycles. The van der Waals surface area contributed by atoms with Crippen molar-refractivity contribution in [2.24, 2.45) is 0 Å². The van der Waals surface area contributed by atoms with Crippen LogP contribution in [-0.2, 0) is 6.42 Å². The summed E-state index contributed by atoms with van der Waals surface area (Å²) in [6, 6.07) is 5.77. The lowest BCUT2D eigenvalue weighted by atomic mass is 10.0. The molecule has 0 spiro atoms. The van der Waals surface area contributed by atoms with E-state index in [1.807, 2.05) is 23.1 Å². The molecule has 0 unspecified atom stereocenters. The molecule has 0 aromatic heterocycles. The summed E-state index contributed by atoms with van der Waals surface area (Å²) in [5.41, 5.74) is 2.44. The molecule has 1 heterocycles. The van der Waals surface area contributed by atoms with E-state index in [1.165, 1.54) is 0 Å². The zero-order valence-electron chi connectivity index (χ0n) is 12.8. The molecule has 1 atom stereocenters. The number of hydrogen-bond donors (Lipinski definition) is 0. The van der Waals surface area contributed by atoms with Gasteiger partial charge in [0.15, 0.2) is 5.78 Å². The minimum atomic E-state index is 0.0874. The third-order valence-corrected chi connectivity index (χ3v) is 4.62. The lowest BCUT2D eigenvalue weighted by molar-refractivity contribution is 0.0695. The smallest absolute Gasteiger partial charge is 0.254 e. The van der Waals surface area contributed by atoms with E-state index in [2.05, 4.69) is 18.9 Å². The summed E-state index contributed by atoms with van der Waals surface area (Å²) in [7, 11) is 2.10. The van der Waals surface area contributed by atoms with Gasteiger partial charge in [-0.05, 0) is 45.0 Å². The van der Waals surface area contributed by atoms with Gasteiger partial charge in [0.2, 0.25) is 0 Å². The van der Waals surface area contributed by atoms with Gasteiger partial charge in [0.05, 0.1) is 0 Å². The van der Waals surface area contributed by atoms with Crippen molar-refractivity contribution >= 4 is 11.7 Å². The highest BCUT2D eigenvalue weighted by Crippen LogP contribution is 2.27. The summed E-state index contributed by atoms with van der Waals surface area (Å²) in [5.74, 6) is 0.257. The van der Waals surface area contributed by atoms with E-state index in [9.17, 15) is 9.59 Å². The number of carbonyl (C=O) groups is 2. The number of carbonyl (C=O) groups excluding carboxylic acids is 2. The molecule has 1 fully saturated rings. The molecule has 2 aliphatic rings. The number of benzene rings is 1. The number of amides is 1. The van der Waals surface area contributed by atoms with E-state index < -0.39 is 0 Å². The molecule has 1 aromatic rings. The van der Waals surface area contributed by atoms with Gasteiger partial charge in [-0.1, -0.05) is 12.1 Å². The maximum atomic E-state index is 12.9. The summed E-state index contributed by atoms with van der Waals surface area (Å²) in [5, 5.41) is 0. The highest BCUT2D eigenvalue weighted by Gasteiger charge is 2.29. The molecule has 1 amide bonds. The maximum absolute atomic E-state index is 12.9. The second-order valence-corrected chi connectivity index (χ2v) is 6.22. The minimum absolute atomic E-state index is 0.0874. The van der Waals surface area contributed by atoms with Crippen molar-refractivity contribution in [1.29, 1.82) is 0 Å². The molecule has 112 valence electrons. The Morgan fingerprint density at radius 2 is 2.05 bits per heavy atom. The molecule has 0 saturated carbocycles. The van der Waals surface area contributed by atoms with Crippen molar-refractivity contribution in [3.63, 3.8) is 0 Å². The highest BCUT2D eigenvalue weighted by molar-refractivity contribution is 6.05. The van der Waals surface area contributed by atoms with Crippen molar-refractivity contribution in [3.05, 3.63) is 34.9 Å². The maximum Gasteiger partial charge on any atom is 0.254 e. The van der Waals surface area contributed by atoms with Crippen LogP contribution in [0.15, 0.2) is 18.2 Å². The van der Waals surface area contributed by atoms with Crippen LogP contribution in [0, 0.1) is 0 Å². The monoisotopic (exact) mass is 286 g/mol. The zero-order chi connectivity index (χ0) is 15.0. The molecule has 1 aliphatic heterocycles. The van der Waals surface area contributed by atoms with Crippen LogP contribution >= 0.6 is 0 Å². The Bertz CT molecular complexity index is 582. The molecular formula is C17H22N2O2. The van der Waals surface area contributed by atoms with Crippen molar-refractivity contribution in [2.75, 3.05) is 26.7 Å². The lowest BCUT2D eigenvalue weighted by Crippen LogP contribution is -2.42. The van der Waals surface area contributed by atoms with E-state index in [0.29, 0.717) is 12.8 Å². The van der Waals surface area contributed by atoms with Crippen LogP contribution in [0.1, 0.15) is 46.0 Å². The van der Waals surface area contributed by atoms with E-state index in [4.69, 9.17) is 0 Å². The second kappa shape index (κ2) is 5.60. The first kappa shape index (κ1) is 14.3. The Kier molecular flexibility index (Phi) is 3.81. The van der Waals surface area contributed by atoms with Crippen LogP contribution in [0.2, 0.25) is 0 Å². The third-order valence-electron chi connectivity index (χ3n) is 4.62. The summed E-state index contributed by atoms with van der Waals surface area (Å²) in [4.78, 5) is 29.0. The molecule has 0 N–H and O–H groups in total. The number of likely N-dealkylation sites (N-methyl/N-ethyl adjacent to an activating group) is 1. The summed E-state index contributed by atoms with van der Waals surface area (Å²) >= 11 is 0. The predicted molar refractivity (Wildman–Crippen MR) is 81.7 cm³/mol. The van der Waals surface area contributed by atoms with Crippen molar-refractivity contribution in [2.45, 2.75) is 32.2 Å². The van der Waals surface area contributed by atoms with Crippen molar-refractivity contribution in [1.82, 2.24) is 9.80 Å². The fraction of sp³-hybridized carbons (Fsp3) is 0.529. The quantitative estimate of drug-likeness (QED) is 0.792. The van der Waals surface area contributed by atoms with E-state index >= 15 is 0 Å². The molecule has 4 nitrogen and oxygen atoms in total. The molecule has 21 heavy (non-hydrogen) atoms. The van der Waals surface area contributed by atoms with Gasteiger partial charge in [-0.25, -0.2) is 0 Å². The van der Waals surface area contributed by atoms with Gasteiger partial charge in [-0.15, -0.1) is 0 Å². The second-order valence-electron chi connectivity index (χ2n) is 6.22. The fourth-order valence-electron chi connectivity index (χ4n) is 3.52. The number of hydrogen-bond acceptors (Lipinski definition) is 3. The molecule has 3 rings (SSSR count). The van der Waals surface area contributed by atoms with Crippen LogP contribution in [0.5, 0.6) is 0 Å². The Labute approximate surface area is 125 Å². The summed E-state index contributed by atoms with van der Waals surface area (Å²) < 4.78 is 0. The first-order valence-electron chi connectivity index (χ1n) is 7.72. The van der Waals surface area contributed by atoms with Crippen LogP contribution in [-0.4, -0.2) is 54.2 Å². The minimum Gasteiger partial charge on any atom is -0.335 e. The number of ketones is 1. The molecule has 1 saturated heterocycles. The Morgan fingerprint density at radius 1 is 1.24 bits per heavy atom. The molecular weight excluding hydrogens is 264 g/mol. The van der Waals surface area contributed by atoms with Gasteiger partial charge in [0.1, 0.15) is 0 Å². The van der Waals surface area contributed by atoms with Crippen molar-refractivity contribution in [3.8, 4) is 0 Å². The Balaban J connectivity index is 1.90. The third kappa shape index (κ3) is 2.60. The van der Waals surface area contributed by atoms with Gasteiger partial charge in [0.25, 0.3) is 5.91 Å². The normalized spacial score (nSPS) is 23.0. The first-order chi connectivity index (χ1) is 10.1. The van der Waals surface area contributed by atoms with E-state index in [-0.39, 0.29) is 17.7 Å². The predicted octanol–water partition coefficient (Wildman–Crippen LogP) is 1.98. The number of nitrogens with zero attached hydrogens (tertiary/aromatic N) is 2. The van der Waals surface area contributed by atoms with Crippen molar-refractivity contribution < 1.29 is 9.59 Å². The van der Waals surface area contributed by atoms with Gasteiger partial charge in [0, 0.05) is 36.7 Å². The number of Topliss-reactive ketones (excluding diaryl/α,β-unsaturated/α-hetero) is 1. The van der Waals surface area contributed by atoms with Crippen LogP contribution in [0.3, 0.4) is 0 Å². The molecule has 4 heteroatoms. The zero-order valence-corrected chi connectivity index (χ0v) is 12.8. The largest absolute Gasteiger partial charge is 0.335 e. The van der Waals surface area contributed by atoms with Crippen LogP contribution in [0.25, 0.3) is 0 Å². The molecule has 0 radical (unpaired) electrons. The standard InChI is InChI=1S/C17H22N2O2/c1-12-11-18(2)9-4-10-19(12)17(21)15-6-3-5-14-13(15)7-8-16(14)20/h3,5-6,12H,4,7-11H2,1-2H3/t12-/m1/s1. The molecule has 0 bridgehead atoms. The first-order valence-corrected chi connectivity index (χ1v) is 7.72. The van der Waals surface area contributed by atoms with Gasteiger partial charge < -0.3 is 9.80 Å². The average molecular weight is 286 g/mol. The average Bonchev–Trinajstić information content (AvgIpc) is 2.75. The van der Waals surface area contributed by atoms with Gasteiger partial charge in [-0.2, -0.15) is 0 Å². The SMILES string of the molecule is C[C@@H]1CN(C)CCCN1C(=O)c1cccc2c1CCC2=O. The number of rotatable bonds is 1. The Hall–Kier alpha value is -1.68. The van der Waals surface area contributed by atoms with Gasteiger partial charge in [-0.3, -0.25) is 9.59 Å². The van der Waals surface area contributed by atoms with Gasteiger partial charge >= 0.3 is 0 Å². The fourth-order valence-corrected chi connectivity index (χ4v) is 3.52. The Morgan fingerprint density at radius 3 is 2.86 bits per heavy atom. The lowest BCUT2D eigenvalue weighted by Gasteiger charge is -2.28. The topological polar surface area (TPSA) is 40.6 Å². The highest BCUT2D eigenvalue weighted by atomic mass is 16.2. The van der Waals surface area contributed by atoms with Crippen LogP contribution in [0.4, 0.5) is 0 Å².